The van der Waals surface area contributed by atoms with E-state index < -0.39 is 0 Å². The van der Waals surface area contributed by atoms with E-state index in [1.165, 1.54) is 12.1 Å². The van der Waals surface area contributed by atoms with Gasteiger partial charge in [-0.1, -0.05) is 26.2 Å². The summed E-state index contributed by atoms with van der Waals surface area (Å²) >= 11 is 0. The lowest BCUT2D eigenvalue weighted by Crippen LogP contribution is -2.63. The molecule has 0 aromatic heterocycles. The number of nitrogens with one attached hydrogen (secondary N) is 3. The van der Waals surface area contributed by atoms with Crippen molar-refractivity contribution in [1.29, 1.82) is 0 Å². The standard InChI is InChI=1S/C16H24FN3O/c1-3-4-5-6-14-11(2)18-16(20-15(14)21)19-13-9-7-12(17)8-10-13/h7-11,14,16,18-19H,3-6H2,1-2H3,(H,20,21). The van der Waals surface area contributed by atoms with E-state index in [9.17, 15) is 9.18 Å². The molecule has 3 N–H and O–H groups in total. The Hall–Kier alpha value is -1.62. The van der Waals surface area contributed by atoms with E-state index in [0.29, 0.717) is 0 Å². The maximum atomic E-state index is 12.9. The fourth-order valence-corrected chi connectivity index (χ4v) is 2.68. The summed E-state index contributed by atoms with van der Waals surface area (Å²) < 4.78 is 12.9. The predicted octanol–water partition coefficient (Wildman–Crippen LogP) is 2.83. The molecule has 1 amide bonds. The van der Waals surface area contributed by atoms with Crippen LogP contribution in [0.2, 0.25) is 0 Å². The van der Waals surface area contributed by atoms with Crippen LogP contribution in [-0.4, -0.2) is 18.2 Å². The molecule has 21 heavy (non-hydrogen) atoms. The van der Waals surface area contributed by atoms with Crippen LogP contribution < -0.4 is 16.0 Å². The van der Waals surface area contributed by atoms with Gasteiger partial charge in [-0.05, 0) is 37.6 Å². The zero-order valence-electron chi connectivity index (χ0n) is 12.7. The summed E-state index contributed by atoms with van der Waals surface area (Å²) in [6, 6.07) is 6.21. The number of hydrogen-bond acceptors (Lipinski definition) is 3. The third-order valence-corrected chi connectivity index (χ3v) is 3.93. The van der Waals surface area contributed by atoms with Crippen LogP contribution in [0.25, 0.3) is 0 Å². The Morgan fingerprint density at radius 1 is 1.24 bits per heavy atom. The van der Waals surface area contributed by atoms with Crippen molar-refractivity contribution in [2.45, 2.75) is 51.9 Å². The fourth-order valence-electron chi connectivity index (χ4n) is 2.68. The summed E-state index contributed by atoms with van der Waals surface area (Å²) in [5.41, 5.74) is 0.769. The first-order chi connectivity index (χ1) is 10.1. The molecule has 1 fully saturated rings. The van der Waals surface area contributed by atoms with Crippen molar-refractivity contribution < 1.29 is 9.18 Å². The lowest BCUT2D eigenvalue weighted by Gasteiger charge is -2.36. The van der Waals surface area contributed by atoms with E-state index in [2.05, 4.69) is 22.9 Å². The van der Waals surface area contributed by atoms with Crippen molar-refractivity contribution in [1.82, 2.24) is 10.6 Å². The summed E-state index contributed by atoms with van der Waals surface area (Å²) in [6.07, 6.45) is 3.99. The van der Waals surface area contributed by atoms with Crippen LogP contribution in [0, 0.1) is 11.7 Å². The van der Waals surface area contributed by atoms with Crippen molar-refractivity contribution in [3.63, 3.8) is 0 Å². The van der Waals surface area contributed by atoms with Gasteiger partial charge in [0, 0.05) is 11.7 Å². The zero-order chi connectivity index (χ0) is 15.2. The quantitative estimate of drug-likeness (QED) is 0.707. The number of amides is 1. The molecule has 2 rings (SSSR count). The van der Waals surface area contributed by atoms with E-state index >= 15 is 0 Å². The second-order valence-electron chi connectivity index (χ2n) is 5.65. The Balaban J connectivity index is 1.88. The molecule has 1 aromatic carbocycles. The Labute approximate surface area is 125 Å². The number of halogens is 1. The van der Waals surface area contributed by atoms with Gasteiger partial charge in [-0.25, -0.2) is 4.39 Å². The molecule has 1 saturated heterocycles. The molecule has 0 bridgehead atoms. The van der Waals surface area contributed by atoms with Gasteiger partial charge in [0.05, 0.1) is 5.92 Å². The third kappa shape index (κ3) is 4.43. The summed E-state index contributed by atoms with van der Waals surface area (Å²) in [5, 5.41) is 9.43. The lowest BCUT2D eigenvalue weighted by molar-refractivity contribution is -0.129. The minimum Gasteiger partial charge on any atom is -0.353 e. The molecule has 3 unspecified atom stereocenters. The van der Waals surface area contributed by atoms with Gasteiger partial charge in [-0.15, -0.1) is 0 Å². The fraction of sp³-hybridized carbons (Fsp3) is 0.562. The van der Waals surface area contributed by atoms with Gasteiger partial charge in [-0.3, -0.25) is 10.1 Å². The van der Waals surface area contributed by atoms with Crippen LogP contribution in [0.1, 0.15) is 39.5 Å². The average Bonchev–Trinajstić information content (AvgIpc) is 2.44. The SMILES string of the molecule is CCCCCC1C(=O)NC(Nc2ccc(F)cc2)NC1C. The highest BCUT2D eigenvalue weighted by Crippen LogP contribution is 2.19. The van der Waals surface area contributed by atoms with Crippen molar-refractivity contribution in [3.05, 3.63) is 30.1 Å². The first-order valence-corrected chi connectivity index (χ1v) is 7.68. The Kier molecular flexibility index (Phi) is 5.56. The second-order valence-corrected chi connectivity index (χ2v) is 5.65. The topological polar surface area (TPSA) is 53.2 Å². The molecule has 0 spiro atoms. The summed E-state index contributed by atoms with van der Waals surface area (Å²) in [5.74, 6) is -0.176. The highest BCUT2D eigenvalue weighted by molar-refractivity contribution is 5.80. The number of hydrogen-bond donors (Lipinski definition) is 3. The first kappa shape index (κ1) is 15.8. The van der Waals surface area contributed by atoms with Gasteiger partial charge in [0.2, 0.25) is 5.91 Å². The Morgan fingerprint density at radius 3 is 2.57 bits per heavy atom. The molecule has 116 valence electrons. The monoisotopic (exact) mass is 293 g/mol. The highest BCUT2D eigenvalue weighted by atomic mass is 19.1. The molecule has 0 saturated carbocycles. The molecule has 1 aliphatic rings. The van der Waals surface area contributed by atoms with E-state index in [-0.39, 0.29) is 30.0 Å². The highest BCUT2D eigenvalue weighted by Gasteiger charge is 2.32. The molecule has 1 heterocycles. The van der Waals surface area contributed by atoms with Crippen LogP contribution in [0.3, 0.4) is 0 Å². The first-order valence-electron chi connectivity index (χ1n) is 7.68. The van der Waals surface area contributed by atoms with Crippen molar-refractivity contribution >= 4 is 11.6 Å². The predicted molar refractivity (Wildman–Crippen MR) is 82.2 cm³/mol. The van der Waals surface area contributed by atoms with E-state index in [1.54, 1.807) is 12.1 Å². The smallest absolute Gasteiger partial charge is 0.227 e. The van der Waals surface area contributed by atoms with Gasteiger partial charge < -0.3 is 10.6 Å². The minimum absolute atomic E-state index is 0.0165. The van der Waals surface area contributed by atoms with E-state index in [4.69, 9.17) is 0 Å². The number of anilines is 1. The molecule has 1 aliphatic heterocycles. The molecular weight excluding hydrogens is 269 g/mol. The summed E-state index contributed by atoms with van der Waals surface area (Å²) in [7, 11) is 0. The van der Waals surface area contributed by atoms with Crippen LogP contribution in [0.5, 0.6) is 0 Å². The maximum Gasteiger partial charge on any atom is 0.227 e. The average molecular weight is 293 g/mol. The van der Waals surface area contributed by atoms with E-state index in [1.807, 2.05) is 6.92 Å². The number of benzene rings is 1. The van der Waals surface area contributed by atoms with Crippen LogP contribution in [-0.2, 0) is 4.79 Å². The van der Waals surface area contributed by atoms with Gasteiger partial charge in [0.15, 0.2) is 6.29 Å². The molecule has 4 nitrogen and oxygen atoms in total. The molecule has 0 radical (unpaired) electrons. The van der Waals surface area contributed by atoms with Crippen LogP contribution in [0.4, 0.5) is 10.1 Å². The molecule has 3 atom stereocenters. The Bertz CT molecular complexity index is 463. The number of unbranched alkanes of at least 4 members (excludes halogenated alkanes) is 2. The molecule has 0 aliphatic carbocycles. The number of carbonyl (C=O) groups excluding carboxylic acids is 1. The largest absolute Gasteiger partial charge is 0.353 e. The van der Waals surface area contributed by atoms with Crippen LogP contribution in [0.15, 0.2) is 24.3 Å². The number of rotatable bonds is 6. The van der Waals surface area contributed by atoms with Crippen LogP contribution >= 0.6 is 0 Å². The molecular formula is C16H24FN3O. The van der Waals surface area contributed by atoms with Gasteiger partial charge in [-0.2, -0.15) is 0 Å². The normalized spacial score (nSPS) is 25.5. The lowest BCUT2D eigenvalue weighted by atomic mass is 9.92. The zero-order valence-corrected chi connectivity index (χ0v) is 12.7. The summed E-state index contributed by atoms with van der Waals surface area (Å²) in [6.45, 7) is 4.19. The summed E-state index contributed by atoms with van der Waals surface area (Å²) in [4.78, 5) is 12.2. The number of carbonyl (C=O) groups is 1. The van der Waals surface area contributed by atoms with Gasteiger partial charge in [0.1, 0.15) is 5.82 Å². The third-order valence-electron chi connectivity index (χ3n) is 3.93. The minimum atomic E-state index is -0.319. The Morgan fingerprint density at radius 2 is 1.95 bits per heavy atom. The van der Waals surface area contributed by atoms with E-state index in [0.717, 1.165) is 31.4 Å². The van der Waals surface area contributed by atoms with Crippen molar-refractivity contribution in [2.24, 2.45) is 5.92 Å². The second kappa shape index (κ2) is 7.41. The van der Waals surface area contributed by atoms with Gasteiger partial charge in [0.25, 0.3) is 0 Å². The molecule has 5 heteroatoms. The van der Waals surface area contributed by atoms with Crippen molar-refractivity contribution in [2.75, 3.05) is 5.32 Å². The van der Waals surface area contributed by atoms with Crippen molar-refractivity contribution in [3.8, 4) is 0 Å². The molecule has 1 aromatic rings. The maximum absolute atomic E-state index is 12.9. The van der Waals surface area contributed by atoms with Gasteiger partial charge >= 0.3 is 0 Å².